The first-order valence-electron chi connectivity index (χ1n) is 4.08. The number of hydrogen-bond donors (Lipinski definition) is 1. The Bertz CT molecular complexity index is 415. The van der Waals surface area contributed by atoms with Crippen LogP contribution in [0.4, 0.5) is 4.39 Å². The van der Waals surface area contributed by atoms with E-state index in [1.807, 2.05) is 0 Å². The van der Waals surface area contributed by atoms with Crippen molar-refractivity contribution in [2.75, 3.05) is 0 Å². The van der Waals surface area contributed by atoms with Crippen LogP contribution in [0, 0.1) is 5.82 Å². The van der Waals surface area contributed by atoms with Crippen LogP contribution >= 0.6 is 11.6 Å². The lowest BCUT2D eigenvalue weighted by atomic mass is 9.95. The third-order valence-corrected chi connectivity index (χ3v) is 2.38. The summed E-state index contributed by atoms with van der Waals surface area (Å²) in [5, 5.41) is 8.52. The number of carbonyl (C=O) groups is 2. The molecule has 0 spiro atoms. The maximum absolute atomic E-state index is 12.8. The van der Waals surface area contributed by atoms with Gasteiger partial charge >= 0.3 is 5.97 Å². The smallest absolute Gasteiger partial charge is 0.374 e. The molecule has 1 unspecified atom stereocenters. The molecule has 0 aromatic heterocycles. The number of carboxylic acid groups (broad SMARTS) is 1. The van der Waals surface area contributed by atoms with Crippen LogP contribution in [-0.2, 0) is 14.5 Å². The molecule has 1 aromatic carbocycles. The van der Waals surface area contributed by atoms with Crippen molar-refractivity contribution < 1.29 is 19.1 Å². The zero-order valence-electron chi connectivity index (χ0n) is 7.83. The van der Waals surface area contributed by atoms with Crippen molar-refractivity contribution in [3.05, 3.63) is 35.6 Å². The van der Waals surface area contributed by atoms with Crippen LogP contribution in [0.25, 0.3) is 0 Å². The Morgan fingerprint density at radius 2 is 2.07 bits per heavy atom. The minimum absolute atomic E-state index is 0.122. The summed E-state index contributed by atoms with van der Waals surface area (Å²) in [5.41, 5.74) is 0.122. The molecular formula is C10H8ClFO3. The normalized spacial score (nSPS) is 14.3. The van der Waals surface area contributed by atoms with E-state index in [1.54, 1.807) is 0 Å². The molecule has 1 atom stereocenters. The van der Waals surface area contributed by atoms with E-state index in [0.29, 0.717) is 0 Å². The molecule has 80 valence electrons. The van der Waals surface area contributed by atoms with Crippen molar-refractivity contribution in [3.8, 4) is 0 Å². The van der Waals surface area contributed by atoms with Gasteiger partial charge < -0.3 is 5.11 Å². The number of rotatable bonds is 3. The highest BCUT2D eigenvalue weighted by Gasteiger charge is 2.37. The number of hydrogen-bond acceptors (Lipinski definition) is 2. The lowest BCUT2D eigenvalue weighted by Crippen LogP contribution is -2.32. The first-order valence-corrected chi connectivity index (χ1v) is 4.46. The van der Waals surface area contributed by atoms with Crippen LogP contribution in [0.3, 0.4) is 0 Å². The zero-order valence-corrected chi connectivity index (χ0v) is 8.58. The molecule has 0 saturated carbocycles. The van der Waals surface area contributed by atoms with Gasteiger partial charge in [0.25, 0.3) is 5.78 Å². The van der Waals surface area contributed by atoms with Crippen LogP contribution in [-0.4, -0.2) is 16.9 Å². The van der Waals surface area contributed by atoms with Crippen molar-refractivity contribution in [1.82, 2.24) is 0 Å². The molecule has 0 bridgehead atoms. The maximum Gasteiger partial charge on any atom is 0.374 e. The average molecular weight is 231 g/mol. The lowest BCUT2D eigenvalue weighted by molar-refractivity contribution is -0.150. The number of Topliss-reactive ketones (excluding diaryl/α,β-unsaturated/α-hetero) is 1. The summed E-state index contributed by atoms with van der Waals surface area (Å²) in [4.78, 5) is 20.0. The number of benzene rings is 1. The van der Waals surface area contributed by atoms with Gasteiger partial charge in [0.15, 0.2) is 0 Å². The van der Waals surface area contributed by atoms with Crippen LogP contribution in [0.5, 0.6) is 0 Å². The first kappa shape index (κ1) is 11.7. The third kappa shape index (κ3) is 2.33. The summed E-state index contributed by atoms with van der Waals surface area (Å²) in [6.45, 7) is 1.22. The predicted molar refractivity (Wildman–Crippen MR) is 52.2 cm³/mol. The Labute approximate surface area is 90.5 Å². The molecule has 15 heavy (non-hydrogen) atoms. The highest BCUT2D eigenvalue weighted by atomic mass is 35.5. The van der Waals surface area contributed by atoms with Crippen molar-refractivity contribution in [2.45, 2.75) is 11.8 Å². The van der Waals surface area contributed by atoms with E-state index in [0.717, 1.165) is 6.07 Å². The fourth-order valence-corrected chi connectivity index (χ4v) is 1.31. The topological polar surface area (TPSA) is 54.4 Å². The summed E-state index contributed by atoms with van der Waals surface area (Å²) in [7, 11) is 0. The fourth-order valence-electron chi connectivity index (χ4n) is 1.11. The van der Waals surface area contributed by atoms with Gasteiger partial charge in [-0.15, -0.1) is 11.6 Å². The number of ketones is 1. The van der Waals surface area contributed by atoms with E-state index in [1.165, 1.54) is 25.1 Å². The molecule has 0 aliphatic carbocycles. The third-order valence-electron chi connectivity index (χ3n) is 1.99. The Morgan fingerprint density at radius 3 is 2.53 bits per heavy atom. The predicted octanol–water partition coefficient (Wildman–Crippen LogP) is 1.93. The summed E-state index contributed by atoms with van der Waals surface area (Å²) in [5.74, 6) is -3.40. The zero-order chi connectivity index (χ0) is 11.6. The molecule has 1 aromatic rings. The molecule has 0 amide bonds. The van der Waals surface area contributed by atoms with Gasteiger partial charge in [0.05, 0.1) is 0 Å². The second kappa shape index (κ2) is 3.98. The quantitative estimate of drug-likeness (QED) is 0.638. The molecule has 0 heterocycles. The monoisotopic (exact) mass is 230 g/mol. The molecular weight excluding hydrogens is 223 g/mol. The summed E-state index contributed by atoms with van der Waals surface area (Å²) >= 11 is 5.78. The van der Waals surface area contributed by atoms with Crippen molar-refractivity contribution in [3.63, 3.8) is 0 Å². The van der Waals surface area contributed by atoms with E-state index < -0.39 is 22.4 Å². The largest absolute Gasteiger partial charge is 0.475 e. The summed E-state index contributed by atoms with van der Waals surface area (Å²) < 4.78 is 12.8. The number of aliphatic carboxylic acids is 1. The van der Waals surface area contributed by atoms with Crippen LogP contribution in [0.1, 0.15) is 12.5 Å². The Hall–Kier alpha value is -1.42. The van der Waals surface area contributed by atoms with Gasteiger partial charge in [0, 0.05) is 0 Å². The molecule has 1 rings (SSSR count). The van der Waals surface area contributed by atoms with Gasteiger partial charge in [-0.2, -0.15) is 0 Å². The number of alkyl halides is 1. The molecule has 3 nitrogen and oxygen atoms in total. The molecule has 5 heteroatoms. The van der Waals surface area contributed by atoms with E-state index >= 15 is 0 Å². The van der Waals surface area contributed by atoms with Gasteiger partial charge in [0.2, 0.25) is 0 Å². The highest BCUT2D eigenvalue weighted by molar-refractivity contribution is 6.49. The van der Waals surface area contributed by atoms with Gasteiger partial charge in [0.1, 0.15) is 10.7 Å². The van der Waals surface area contributed by atoms with Crippen LogP contribution in [0.2, 0.25) is 0 Å². The molecule has 0 radical (unpaired) electrons. The Kier molecular flexibility index (Phi) is 3.09. The number of carbonyl (C=O) groups excluding carboxylic acids is 1. The van der Waals surface area contributed by atoms with Crippen molar-refractivity contribution >= 4 is 23.4 Å². The molecule has 0 fully saturated rings. The first-order chi connectivity index (χ1) is 6.85. The summed E-state index contributed by atoms with van der Waals surface area (Å²) in [6, 6.07) is 4.98. The lowest BCUT2D eigenvalue weighted by Gasteiger charge is -2.18. The molecule has 0 aliphatic rings. The standard InChI is InChI=1S/C10H8ClFO3/c1-10(11,8(13)9(14)15)6-3-2-4-7(12)5-6/h2-5H,1H3,(H,14,15). The number of carboxylic acids is 1. The molecule has 1 N–H and O–H groups in total. The van der Waals surface area contributed by atoms with Crippen molar-refractivity contribution in [1.29, 1.82) is 0 Å². The molecule has 0 aliphatic heterocycles. The average Bonchev–Trinajstić information content (AvgIpc) is 2.16. The number of halogens is 2. The van der Waals surface area contributed by atoms with Gasteiger partial charge in [-0.3, -0.25) is 4.79 Å². The van der Waals surface area contributed by atoms with Gasteiger partial charge in [-0.05, 0) is 24.6 Å². The minimum atomic E-state index is -1.74. The molecule has 0 saturated heterocycles. The maximum atomic E-state index is 12.8. The minimum Gasteiger partial charge on any atom is -0.475 e. The van der Waals surface area contributed by atoms with E-state index in [4.69, 9.17) is 16.7 Å². The fraction of sp³-hybridized carbons (Fsp3) is 0.200. The van der Waals surface area contributed by atoms with Crippen LogP contribution < -0.4 is 0 Å². The van der Waals surface area contributed by atoms with Crippen molar-refractivity contribution in [2.24, 2.45) is 0 Å². The SMILES string of the molecule is CC(Cl)(C(=O)C(=O)O)c1cccc(F)c1. The van der Waals surface area contributed by atoms with E-state index in [2.05, 4.69) is 0 Å². The second-order valence-corrected chi connectivity index (χ2v) is 3.90. The summed E-state index contributed by atoms with van der Waals surface area (Å²) in [6.07, 6.45) is 0. The highest BCUT2D eigenvalue weighted by Crippen LogP contribution is 2.30. The Balaban J connectivity index is 3.16. The van der Waals surface area contributed by atoms with E-state index in [-0.39, 0.29) is 5.56 Å². The second-order valence-electron chi connectivity index (χ2n) is 3.15. The van der Waals surface area contributed by atoms with Crippen LogP contribution in [0.15, 0.2) is 24.3 Å². The van der Waals surface area contributed by atoms with Gasteiger partial charge in [-0.25, -0.2) is 9.18 Å². The Morgan fingerprint density at radius 1 is 1.47 bits per heavy atom. The van der Waals surface area contributed by atoms with E-state index in [9.17, 15) is 14.0 Å². The van der Waals surface area contributed by atoms with Gasteiger partial charge in [-0.1, -0.05) is 12.1 Å².